The summed E-state index contributed by atoms with van der Waals surface area (Å²) in [7, 11) is 0. The first-order chi connectivity index (χ1) is 12.1. The van der Waals surface area contributed by atoms with Gasteiger partial charge in [-0.05, 0) is 43.7 Å². The number of carbonyl (C=O) groups is 1. The lowest BCUT2D eigenvalue weighted by atomic mass is 10.1. The number of imidazole rings is 1. The van der Waals surface area contributed by atoms with Crippen molar-refractivity contribution in [2.45, 2.75) is 32.7 Å². The van der Waals surface area contributed by atoms with Gasteiger partial charge < -0.3 is 9.47 Å². The van der Waals surface area contributed by atoms with Crippen LogP contribution in [0.4, 0.5) is 5.69 Å². The molecule has 128 valence electrons. The third kappa shape index (κ3) is 2.71. The van der Waals surface area contributed by atoms with E-state index in [4.69, 9.17) is 16.6 Å². The van der Waals surface area contributed by atoms with Crippen molar-refractivity contribution in [1.29, 1.82) is 0 Å². The van der Waals surface area contributed by atoms with Gasteiger partial charge in [-0.3, -0.25) is 4.79 Å². The van der Waals surface area contributed by atoms with Crippen LogP contribution in [0.1, 0.15) is 30.7 Å². The maximum absolute atomic E-state index is 12.7. The molecule has 1 aromatic heterocycles. The molecule has 0 bridgehead atoms. The van der Waals surface area contributed by atoms with Gasteiger partial charge in [0.05, 0.1) is 11.0 Å². The molecule has 5 heteroatoms. The summed E-state index contributed by atoms with van der Waals surface area (Å²) in [6.45, 7) is 5.61. The molecule has 2 heterocycles. The number of aryl methyl sites for hydroxylation is 2. The van der Waals surface area contributed by atoms with Crippen LogP contribution in [0, 0.1) is 6.92 Å². The third-order valence-corrected chi connectivity index (χ3v) is 5.19. The van der Waals surface area contributed by atoms with Crippen molar-refractivity contribution in [3.63, 3.8) is 0 Å². The zero-order valence-corrected chi connectivity index (χ0v) is 15.1. The Labute approximate surface area is 152 Å². The first-order valence-electron chi connectivity index (χ1n) is 8.60. The summed E-state index contributed by atoms with van der Waals surface area (Å²) < 4.78 is 2.22. The minimum Gasteiger partial charge on any atom is -0.328 e. The summed E-state index contributed by atoms with van der Waals surface area (Å²) in [5.74, 6) is 1.22. The molecule has 3 aromatic rings. The van der Waals surface area contributed by atoms with Gasteiger partial charge in [-0.1, -0.05) is 29.8 Å². The fourth-order valence-corrected chi connectivity index (χ4v) is 3.89. The summed E-state index contributed by atoms with van der Waals surface area (Å²) >= 11 is 6.14. The van der Waals surface area contributed by atoms with E-state index in [9.17, 15) is 4.79 Å². The van der Waals surface area contributed by atoms with Gasteiger partial charge in [-0.2, -0.15) is 0 Å². The number of amides is 1. The molecule has 0 spiro atoms. The number of anilines is 1. The molecule has 4 rings (SSSR count). The highest BCUT2D eigenvalue weighted by molar-refractivity contribution is 6.31. The normalized spacial score (nSPS) is 17.6. The van der Waals surface area contributed by atoms with E-state index in [0.717, 1.165) is 34.7 Å². The summed E-state index contributed by atoms with van der Waals surface area (Å²) in [6, 6.07) is 13.8. The van der Waals surface area contributed by atoms with Gasteiger partial charge in [0.25, 0.3) is 0 Å². The highest BCUT2D eigenvalue weighted by Gasteiger charge is 2.35. The molecule has 2 aromatic carbocycles. The van der Waals surface area contributed by atoms with Gasteiger partial charge in [0.1, 0.15) is 5.82 Å². The van der Waals surface area contributed by atoms with E-state index in [1.807, 2.05) is 48.2 Å². The Bertz CT molecular complexity index is 963. The molecule has 1 fully saturated rings. The predicted octanol–water partition coefficient (Wildman–Crippen LogP) is 4.54. The molecule has 1 saturated heterocycles. The molecule has 1 aliphatic rings. The van der Waals surface area contributed by atoms with Gasteiger partial charge in [0, 0.05) is 36.1 Å². The predicted molar refractivity (Wildman–Crippen MR) is 101 cm³/mol. The lowest BCUT2D eigenvalue weighted by molar-refractivity contribution is -0.117. The van der Waals surface area contributed by atoms with Crippen LogP contribution in [-0.4, -0.2) is 22.0 Å². The van der Waals surface area contributed by atoms with Crippen molar-refractivity contribution >= 4 is 34.2 Å². The van der Waals surface area contributed by atoms with E-state index in [-0.39, 0.29) is 11.8 Å². The number of carbonyl (C=O) groups excluding carboxylic acids is 1. The van der Waals surface area contributed by atoms with Crippen LogP contribution in [0.5, 0.6) is 0 Å². The van der Waals surface area contributed by atoms with Gasteiger partial charge in [-0.15, -0.1) is 0 Å². The van der Waals surface area contributed by atoms with E-state index in [1.165, 1.54) is 0 Å². The van der Waals surface area contributed by atoms with Crippen molar-refractivity contribution in [2.24, 2.45) is 0 Å². The summed E-state index contributed by atoms with van der Waals surface area (Å²) in [4.78, 5) is 19.4. The highest BCUT2D eigenvalue weighted by atomic mass is 35.5. The first-order valence-corrected chi connectivity index (χ1v) is 8.98. The second-order valence-corrected chi connectivity index (χ2v) is 6.98. The number of halogens is 1. The maximum Gasteiger partial charge on any atom is 0.227 e. The van der Waals surface area contributed by atoms with Crippen molar-refractivity contribution in [2.75, 3.05) is 11.4 Å². The summed E-state index contributed by atoms with van der Waals surface area (Å²) in [5.41, 5.74) is 4.08. The average Bonchev–Trinajstić information content (AvgIpc) is 3.17. The minimum atomic E-state index is 0.0956. The molecule has 0 unspecified atom stereocenters. The zero-order valence-electron chi connectivity index (χ0n) is 14.4. The fraction of sp³-hybridized carbons (Fsp3) is 0.300. The van der Waals surface area contributed by atoms with E-state index >= 15 is 0 Å². The second kappa shape index (κ2) is 6.19. The molecule has 0 saturated carbocycles. The Kier molecular flexibility index (Phi) is 4.00. The molecule has 0 radical (unpaired) electrons. The van der Waals surface area contributed by atoms with Crippen molar-refractivity contribution in [3.8, 4) is 0 Å². The number of nitrogens with zero attached hydrogens (tertiary/aromatic N) is 3. The molecule has 1 aliphatic heterocycles. The van der Waals surface area contributed by atoms with Gasteiger partial charge in [0.2, 0.25) is 5.91 Å². The van der Waals surface area contributed by atoms with Crippen LogP contribution < -0.4 is 4.90 Å². The topological polar surface area (TPSA) is 38.1 Å². The van der Waals surface area contributed by atoms with Crippen LogP contribution in [0.25, 0.3) is 11.0 Å². The first kappa shape index (κ1) is 16.2. The Hall–Kier alpha value is -2.33. The number of aromatic nitrogens is 2. The number of hydrogen-bond donors (Lipinski definition) is 0. The van der Waals surface area contributed by atoms with E-state index in [1.54, 1.807) is 0 Å². The van der Waals surface area contributed by atoms with Crippen molar-refractivity contribution in [3.05, 3.63) is 58.9 Å². The largest absolute Gasteiger partial charge is 0.328 e. The van der Waals surface area contributed by atoms with Crippen LogP contribution >= 0.6 is 11.6 Å². The van der Waals surface area contributed by atoms with Crippen molar-refractivity contribution in [1.82, 2.24) is 9.55 Å². The quantitative estimate of drug-likeness (QED) is 0.693. The molecular formula is C20H20ClN3O. The van der Waals surface area contributed by atoms with E-state index in [2.05, 4.69) is 17.6 Å². The lowest BCUT2D eigenvalue weighted by Crippen LogP contribution is -2.25. The SMILES string of the molecule is CCn1c([C@H]2CC(=O)N(c3cc(Cl)ccc3C)C2)nc2ccccc21. The Balaban J connectivity index is 1.72. The second-order valence-electron chi connectivity index (χ2n) is 6.54. The Morgan fingerprint density at radius 2 is 2.04 bits per heavy atom. The Morgan fingerprint density at radius 1 is 1.24 bits per heavy atom. The molecule has 0 N–H and O–H groups in total. The van der Waals surface area contributed by atoms with Crippen LogP contribution in [0.15, 0.2) is 42.5 Å². The average molecular weight is 354 g/mol. The highest BCUT2D eigenvalue weighted by Crippen LogP contribution is 2.35. The molecule has 25 heavy (non-hydrogen) atoms. The standard InChI is InChI=1S/C20H20ClN3O/c1-3-23-17-7-5-4-6-16(17)22-20(23)14-10-19(25)24(12-14)18-11-15(21)9-8-13(18)2/h4-9,11,14H,3,10,12H2,1-2H3/t14-/m0/s1. The number of hydrogen-bond acceptors (Lipinski definition) is 2. The van der Waals surface area contributed by atoms with Gasteiger partial charge in [-0.25, -0.2) is 4.98 Å². The smallest absolute Gasteiger partial charge is 0.227 e. The number of para-hydroxylation sites is 2. The van der Waals surface area contributed by atoms with E-state index in [0.29, 0.717) is 18.0 Å². The summed E-state index contributed by atoms with van der Waals surface area (Å²) in [6.07, 6.45) is 0.481. The third-order valence-electron chi connectivity index (χ3n) is 4.95. The molecule has 0 aliphatic carbocycles. The number of fused-ring (bicyclic) bond motifs is 1. The fourth-order valence-electron chi connectivity index (χ4n) is 3.72. The van der Waals surface area contributed by atoms with Crippen molar-refractivity contribution < 1.29 is 4.79 Å². The lowest BCUT2D eigenvalue weighted by Gasteiger charge is -2.19. The number of rotatable bonds is 3. The maximum atomic E-state index is 12.7. The van der Waals surface area contributed by atoms with E-state index < -0.39 is 0 Å². The molecular weight excluding hydrogens is 334 g/mol. The van der Waals surface area contributed by atoms with Gasteiger partial charge >= 0.3 is 0 Å². The molecule has 4 nitrogen and oxygen atoms in total. The summed E-state index contributed by atoms with van der Waals surface area (Å²) in [5, 5.41) is 0.651. The molecule has 1 amide bonds. The Morgan fingerprint density at radius 3 is 2.84 bits per heavy atom. The van der Waals surface area contributed by atoms with Crippen LogP contribution in [0.2, 0.25) is 5.02 Å². The van der Waals surface area contributed by atoms with Crippen LogP contribution in [-0.2, 0) is 11.3 Å². The monoisotopic (exact) mass is 353 g/mol. The minimum absolute atomic E-state index is 0.0956. The van der Waals surface area contributed by atoms with Crippen LogP contribution in [0.3, 0.4) is 0 Å². The van der Waals surface area contributed by atoms with Gasteiger partial charge in [0.15, 0.2) is 0 Å². The number of benzene rings is 2. The zero-order chi connectivity index (χ0) is 17.6. The molecule has 1 atom stereocenters.